The summed E-state index contributed by atoms with van der Waals surface area (Å²) in [5.41, 5.74) is 0. The number of rotatable bonds is 7. The maximum Gasteiger partial charge on any atom is 0.323 e. The lowest BCUT2D eigenvalue weighted by Gasteiger charge is -2.13. The number of ether oxygens (including phenoxy) is 1. The number of thiazole rings is 1. The first-order chi connectivity index (χ1) is 10.1. The largest absolute Gasteiger partial charge is 0.464 e. The quantitative estimate of drug-likeness (QED) is 0.813. The fourth-order valence-electron chi connectivity index (χ4n) is 1.68. The van der Waals surface area contributed by atoms with Crippen LogP contribution in [0.4, 0.5) is 11.9 Å². The first kappa shape index (κ1) is 15.4. The van der Waals surface area contributed by atoms with Crippen LogP contribution in [0.2, 0.25) is 0 Å². The molecule has 2 aromatic heterocycles. The number of hydrogen-bond acceptors (Lipinski definition) is 8. The first-order valence-electron chi connectivity index (χ1n) is 6.94. The van der Waals surface area contributed by atoms with Gasteiger partial charge in [0, 0.05) is 17.6 Å². The Balaban J connectivity index is 2.17. The van der Waals surface area contributed by atoms with Gasteiger partial charge in [-0.15, -0.1) is 11.3 Å². The van der Waals surface area contributed by atoms with Gasteiger partial charge in [-0.25, -0.2) is 4.98 Å². The molecule has 0 aliphatic rings. The molecule has 0 bridgehead atoms. The van der Waals surface area contributed by atoms with E-state index in [-0.39, 0.29) is 6.04 Å². The van der Waals surface area contributed by atoms with Gasteiger partial charge in [0.05, 0.1) is 12.6 Å². The van der Waals surface area contributed by atoms with Crippen LogP contribution in [0, 0.1) is 6.92 Å². The van der Waals surface area contributed by atoms with Gasteiger partial charge >= 0.3 is 6.01 Å². The monoisotopic (exact) mass is 308 g/mol. The summed E-state index contributed by atoms with van der Waals surface area (Å²) in [4.78, 5) is 18.3. The van der Waals surface area contributed by atoms with Crippen LogP contribution in [-0.4, -0.2) is 33.1 Å². The highest BCUT2D eigenvalue weighted by Gasteiger charge is 2.13. The summed E-state index contributed by atoms with van der Waals surface area (Å²) in [6.07, 6.45) is 1.86. The average Bonchev–Trinajstić information content (AvgIpc) is 2.86. The third kappa shape index (κ3) is 4.25. The van der Waals surface area contributed by atoms with Crippen molar-refractivity contribution < 1.29 is 4.74 Å². The molecule has 0 spiro atoms. The zero-order valence-corrected chi connectivity index (χ0v) is 13.5. The lowest BCUT2D eigenvalue weighted by atomic mass is 10.4. The average molecular weight is 308 g/mol. The fourth-order valence-corrected chi connectivity index (χ4v) is 2.46. The van der Waals surface area contributed by atoms with Crippen molar-refractivity contribution in [3.05, 3.63) is 16.1 Å². The number of aromatic nitrogens is 4. The molecule has 0 amide bonds. The Hall–Kier alpha value is -1.96. The SMILES string of the molecule is CCNc1nc(NC(C)c2ncc(C)s2)nc(OCC)n1. The van der Waals surface area contributed by atoms with E-state index < -0.39 is 0 Å². The molecule has 1 atom stereocenters. The smallest absolute Gasteiger partial charge is 0.323 e. The van der Waals surface area contributed by atoms with Crippen molar-refractivity contribution in [1.29, 1.82) is 0 Å². The Morgan fingerprint density at radius 1 is 1.24 bits per heavy atom. The van der Waals surface area contributed by atoms with Crippen LogP contribution in [0.5, 0.6) is 6.01 Å². The van der Waals surface area contributed by atoms with Gasteiger partial charge < -0.3 is 15.4 Å². The molecule has 114 valence electrons. The van der Waals surface area contributed by atoms with Crippen molar-refractivity contribution in [1.82, 2.24) is 19.9 Å². The van der Waals surface area contributed by atoms with E-state index in [9.17, 15) is 0 Å². The van der Waals surface area contributed by atoms with Gasteiger partial charge in [0.25, 0.3) is 0 Å². The molecule has 0 aliphatic carbocycles. The van der Waals surface area contributed by atoms with E-state index in [1.165, 1.54) is 4.88 Å². The van der Waals surface area contributed by atoms with Crippen molar-refractivity contribution in [2.45, 2.75) is 33.7 Å². The Morgan fingerprint density at radius 3 is 2.62 bits per heavy atom. The van der Waals surface area contributed by atoms with E-state index in [1.54, 1.807) is 11.3 Å². The molecule has 1 unspecified atom stereocenters. The molecule has 8 heteroatoms. The summed E-state index contributed by atoms with van der Waals surface area (Å²) in [6.45, 7) is 9.18. The van der Waals surface area contributed by atoms with E-state index in [1.807, 2.05) is 33.9 Å². The fraction of sp³-hybridized carbons (Fsp3) is 0.538. The van der Waals surface area contributed by atoms with Crippen molar-refractivity contribution >= 4 is 23.2 Å². The summed E-state index contributed by atoms with van der Waals surface area (Å²) in [7, 11) is 0. The number of hydrogen-bond donors (Lipinski definition) is 2. The highest BCUT2D eigenvalue weighted by Crippen LogP contribution is 2.22. The van der Waals surface area contributed by atoms with Crippen LogP contribution < -0.4 is 15.4 Å². The number of nitrogens with one attached hydrogen (secondary N) is 2. The molecule has 2 N–H and O–H groups in total. The number of aryl methyl sites for hydroxylation is 1. The zero-order valence-electron chi connectivity index (χ0n) is 12.7. The lowest BCUT2D eigenvalue weighted by molar-refractivity contribution is 0.312. The lowest BCUT2D eigenvalue weighted by Crippen LogP contribution is -2.13. The van der Waals surface area contributed by atoms with E-state index >= 15 is 0 Å². The van der Waals surface area contributed by atoms with Crippen molar-refractivity contribution in [2.24, 2.45) is 0 Å². The Kier molecular flexibility index (Phi) is 5.26. The maximum atomic E-state index is 5.37. The second-order valence-electron chi connectivity index (χ2n) is 4.40. The molecular weight excluding hydrogens is 288 g/mol. The topological polar surface area (TPSA) is 84.9 Å². The molecule has 21 heavy (non-hydrogen) atoms. The summed E-state index contributed by atoms with van der Waals surface area (Å²) in [5.74, 6) is 0.978. The molecule has 0 aliphatic heterocycles. The van der Waals surface area contributed by atoms with Crippen molar-refractivity contribution in [3.8, 4) is 6.01 Å². The standard InChI is InChI=1S/C13H20N6OS/c1-5-14-11-17-12(19-13(18-11)20-6-2)16-9(4)10-15-7-8(3)21-10/h7,9H,5-6H2,1-4H3,(H2,14,16,17,18,19). The second kappa shape index (κ2) is 7.16. The van der Waals surface area contributed by atoms with Gasteiger partial charge in [0.15, 0.2) is 0 Å². The van der Waals surface area contributed by atoms with Gasteiger partial charge in [0.1, 0.15) is 5.01 Å². The van der Waals surface area contributed by atoms with Crippen LogP contribution in [0.1, 0.15) is 36.7 Å². The Bertz CT molecular complexity index is 564. The molecule has 2 rings (SSSR count). The zero-order chi connectivity index (χ0) is 15.2. The molecular formula is C13H20N6OS. The normalized spacial score (nSPS) is 12.0. The molecule has 0 radical (unpaired) electrons. The molecule has 2 heterocycles. The van der Waals surface area contributed by atoms with Crippen molar-refractivity contribution in [2.75, 3.05) is 23.8 Å². The highest BCUT2D eigenvalue weighted by atomic mass is 32.1. The van der Waals surface area contributed by atoms with Crippen LogP contribution >= 0.6 is 11.3 Å². The third-order valence-electron chi connectivity index (χ3n) is 2.58. The van der Waals surface area contributed by atoms with Crippen LogP contribution in [0.15, 0.2) is 6.20 Å². The Labute approximate surface area is 128 Å². The molecule has 2 aromatic rings. The predicted octanol–water partition coefficient (Wildman–Crippen LogP) is 2.64. The third-order valence-corrected chi connectivity index (χ3v) is 3.67. The highest BCUT2D eigenvalue weighted by molar-refractivity contribution is 7.11. The first-order valence-corrected chi connectivity index (χ1v) is 7.75. The molecule has 0 saturated heterocycles. The predicted molar refractivity (Wildman–Crippen MR) is 84.0 cm³/mol. The second-order valence-corrected chi connectivity index (χ2v) is 5.67. The van der Waals surface area contributed by atoms with E-state index in [0.717, 1.165) is 11.6 Å². The van der Waals surface area contributed by atoms with Gasteiger partial charge in [-0.3, -0.25) is 0 Å². The maximum absolute atomic E-state index is 5.37. The summed E-state index contributed by atoms with van der Waals surface area (Å²) < 4.78 is 5.37. The molecule has 0 aromatic carbocycles. The van der Waals surface area contributed by atoms with Crippen LogP contribution in [0.25, 0.3) is 0 Å². The minimum absolute atomic E-state index is 0.0232. The van der Waals surface area contributed by atoms with Crippen LogP contribution in [-0.2, 0) is 0 Å². The van der Waals surface area contributed by atoms with Gasteiger partial charge in [-0.2, -0.15) is 15.0 Å². The van der Waals surface area contributed by atoms with Gasteiger partial charge in [0.2, 0.25) is 11.9 Å². The molecule has 0 saturated carbocycles. The minimum atomic E-state index is 0.0232. The van der Waals surface area contributed by atoms with Gasteiger partial charge in [-0.1, -0.05) is 0 Å². The Morgan fingerprint density at radius 2 is 2.00 bits per heavy atom. The summed E-state index contributed by atoms with van der Waals surface area (Å²) in [5, 5.41) is 7.30. The summed E-state index contributed by atoms with van der Waals surface area (Å²) >= 11 is 1.65. The number of anilines is 2. The van der Waals surface area contributed by atoms with E-state index in [2.05, 4.69) is 30.6 Å². The van der Waals surface area contributed by atoms with Gasteiger partial charge in [-0.05, 0) is 27.7 Å². The summed E-state index contributed by atoms with van der Waals surface area (Å²) in [6, 6.07) is 0.337. The van der Waals surface area contributed by atoms with Crippen LogP contribution in [0.3, 0.4) is 0 Å². The minimum Gasteiger partial charge on any atom is -0.464 e. The molecule has 7 nitrogen and oxygen atoms in total. The van der Waals surface area contributed by atoms with E-state index in [4.69, 9.17) is 4.74 Å². The number of nitrogens with zero attached hydrogens (tertiary/aromatic N) is 4. The van der Waals surface area contributed by atoms with E-state index in [0.29, 0.717) is 24.5 Å². The van der Waals surface area contributed by atoms with Crippen molar-refractivity contribution in [3.63, 3.8) is 0 Å². The molecule has 0 fully saturated rings.